The van der Waals surface area contributed by atoms with Crippen molar-refractivity contribution in [2.75, 3.05) is 23.3 Å². The van der Waals surface area contributed by atoms with Crippen molar-refractivity contribution in [3.63, 3.8) is 0 Å². The molecule has 2 unspecified atom stereocenters. The van der Waals surface area contributed by atoms with Crippen molar-refractivity contribution in [1.82, 2.24) is 5.32 Å². The molecular weight excluding hydrogens is 817 g/mol. The van der Waals surface area contributed by atoms with Crippen molar-refractivity contribution in [2.45, 2.75) is 158 Å². The van der Waals surface area contributed by atoms with E-state index in [-0.39, 0.29) is 35.8 Å². The number of nitrogens with zero attached hydrogens (tertiary/aromatic N) is 2. The number of allylic oxidation sites excluding steroid dienone is 5. The van der Waals surface area contributed by atoms with E-state index < -0.39 is 11.5 Å². The van der Waals surface area contributed by atoms with Crippen LogP contribution in [0.5, 0.6) is 0 Å². The molecular formula is C58H78N4O4. The van der Waals surface area contributed by atoms with Gasteiger partial charge in [-0.1, -0.05) is 136 Å². The fraction of sp³-hybridized carbons (Fsp3) is 0.483. The number of anilines is 3. The molecule has 3 aromatic rings. The second-order valence-electron chi connectivity index (χ2n) is 18.3. The Hall–Kier alpha value is -5.50. The van der Waals surface area contributed by atoms with E-state index in [9.17, 15) is 19.5 Å². The van der Waals surface area contributed by atoms with Crippen LogP contribution in [0.2, 0.25) is 0 Å². The van der Waals surface area contributed by atoms with Crippen LogP contribution < -0.4 is 20.6 Å². The first kappa shape index (κ1) is 51.5. The van der Waals surface area contributed by atoms with Crippen LogP contribution in [0, 0.1) is 11.8 Å². The zero-order valence-electron chi connectivity index (χ0n) is 41.5. The summed E-state index contributed by atoms with van der Waals surface area (Å²) in [5, 5.41) is 20.6. The number of unbranched alkanes of at least 4 members (excludes halogenated alkanes) is 4. The second kappa shape index (κ2) is 26.0. The highest BCUT2D eigenvalue weighted by atomic mass is 16.3. The Labute approximate surface area is 397 Å². The average Bonchev–Trinajstić information content (AvgIpc) is 3.34. The highest BCUT2D eigenvalue weighted by Gasteiger charge is 2.35. The first-order valence-electron chi connectivity index (χ1n) is 25.5. The Balaban J connectivity index is 1.62. The quantitative estimate of drug-likeness (QED) is 0.0617. The van der Waals surface area contributed by atoms with Gasteiger partial charge in [-0.2, -0.15) is 4.58 Å². The molecule has 2 atom stereocenters. The minimum atomic E-state index is -0.408. The molecule has 0 aromatic heterocycles. The van der Waals surface area contributed by atoms with Crippen molar-refractivity contribution in [3.8, 4) is 0 Å². The van der Waals surface area contributed by atoms with Crippen LogP contribution in [0.25, 0.3) is 5.57 Å². The molecule has 0 heterocycles. The highest BCUT2D eigenvalue weighted by Crippen LogP contribution is 2.43. The second-order valence-corrected chi connectivity index (χ2v) is 18.3. The van der Waals surface area contributed by atoms with Gasteiger partial charge in [0, 0.05) is 83.2 Å². The Kier molecular flexibility index (Phi) is 20.3. The van der Waals surface area contributed by atoms with Gasteiger partial charge in [0.15, 0.2) is 12.3 Å². The number of carbonyl (C=O) groups is 3. The summed E-state index contributed by atoms with van der Waals surface area (Å²) in [4.78, 5) is 43.1. The lowest BCUT2D eigenvalue weighted by Gasteiger charge is -2.35. The predicted octanol–water partition coefficient (Wildman–Crippen LogP) is 13.0. The molecule has 2 N–H and O–H groups in total. The van der Waals surface area contributed by atoms with E-state index in [0.29, 0.717) is 34.4 Å². The lowest BCUT2D eigenvalue weighted by Crippen LogP contribution is -2.34. The SMILES string of the molecule is CCCCc1ccc(N(CC(CC)CCCC)c2ccc(C3=C([O-])/C(=C4C=C/C(=[N+](\CC(CC)CCCC)c5ccc(CCCC)cc5)C=C\4NC(=O)CC)C3=O)c(NC(=O)CC)c2)cc1. The van der Waals surface area contributed by atoms with Gasteiger partial charge < -0.3 is 20.6 Å². The Morgan fingerprint density at radius 2 is 1.21 bits per heavy atom. The summed E-state index contributed by atoms with van der Waals surface area (Å²) in [5.41, 5.74) is 8.22. The number of aryl methyl sites for hydroxylation is 2. The Bertz CT molecular complexity index is 2280. The lowest BCUT2D eigenvalue weighted by molar-refractivity contribution is -0.448. The fourth-order valence-electron chi connectivity index (χ4n) is 8.92. The molecule has 0 radical (unpaired) electrons. The summed E-state index contributed by atoms with van der Waals surface area (Å²) in [6, 6.07) is 23.3. The molecule has 0 fully saturated rings. The van der Waals surface area contributed by atoms with E-state index in [4.69, 9.17) is 0 Å². The highest BCUT2D eigenvalue weighted by molar-refractivity contribution is 6.40. The number of amides is 2. The average molecular weight is 895 g/mol. The molecule has 0 spiro atoms. The van der Waals surface area contributed by atoms with E-state index in [1.165, 1.54) is 11.1 Å². The molecule has 0 saturated heterocycles. The zero-order valence-corrected chi connectivity index (χ0v) is 41.5. The summed E-state index contributed by atoms with van der Waals surface area (Å²) in [6.07, 6.45) is 21.7. The first-order chi connectivity index (χ1) is 32.0. The number of rotatable bonds is 26. The maximum Gasteiger partial charge on any atom is 0.224 e. The van der Waals surface area contributed by atoms with Crippen LogP contribution in [-0.2, 0) is 27.2 Å². The summed E-state index contributed by atoms with van der Waals surface area (Å²) in [5.74, 6) is -0.335. The molecule has 66 heavy (non-hydrogen) atoms. The fourth-order valence-corrected chi connectivity index (χ4v) is 8.92. The topological polar surface area (TPSA) is 105 Å². The lowest BCUT2D eigenvalue weighted by atomic mass is 9.78. The number of benzene rings is 3. The third kappa shape index (κ3) is 13.3. The molecule has 8 nitrogen and oxygen atoms in total. The van der Waals surface area contributed by atoms with Gasteiger partial charge in [0.25, 0.3) is 0 Å². The molecule has 2 aliphatic rings. The number of hydrogen-bond donors (Lipinski definition) is 2. The summed E-state index contributed by atoms with van der Waals surface area (Å²) in [6.45, 7) is 18.5. The van der Waals surface area contributed by atoms with Gasteiger partial charge in [0.1, 0.15) is 0 Å². The minimum absolute atomic E-state index is 0.0347. The molecule has 0 saturated carbocycles. The van der Waals surface area contributed by atoms with Gasteiger partial charge in [0.05, 0.1) is 11.4 Å². The van der Waals surface area contributed by atoms with Gasteiger partial charge in [-0.25, -0.2) is 0 Å². The number of ketones is 1. The van der Waals surface area contributed by atoms with E-state index in [1.807, 2.05) is 36.4 Å². The molecule has 2 amide bonds. The number of carbonyl (C=O) groups excluding carboxylic acids is 3. The smallest absolute Gasteiger partial charge is 0.224 e. The maximum atomic E-state index is 14.5. The van der Waals surface area contributed by atoms with E-state index in [1.54, 1.807) is 13.8 Å². The van der Waals surface area contributed by atoms with Crippen LogP contribution in [0.1, 0.15) is 162 Å². The van der Waals surface area contributed by atoms with Crippen LogP contribution in [0.15, 0.2) is 108 Å². The van der Waals surface area contributed by atoms with Crippen LogP contribution in [0.3, 0.4) is 0 Å². The molecule has 3 aromatic carbocycles. The van der Waals surface area contributed by atoms with Gasteiger partial charge in [-0.05, 0) is 92.3 Å². The Morgan fingerprint density at radius 1 is 0.652 bits per heavy atom. The van der Waals surface area contributed by atoms with Crippen molar-refractivity contribution in [1.29, 1.82) is 0 Å². The third-order valence-electron chi connectivity index (χ3n) is 13.4. The van der Waals surface area contributed by atoms with Crippen molar-refractivity contribution in [2.24, 2.45) is 11.8 Å². The van der Waals surface area contributed by atoms with E-state index in [0.717, 1.165) is 126 Å². The maximum absolute atomic E-state index is 14.5. The summed E-state index contributed by atoms with van der Waals surface area (Å²) < 4.78 is 2.31. The van der Waals surface area contributed by atoms with E-state index >= 15 is 0 Å². The normalized spacial score (nSPS) is 16.4. The number of Topliss-reactive ketones (excluding diaryl/α,β-unsaturated/α-hetero) is 1. The van der Waals surface area contributed by atoms with Gasteiger partial charge >= 0.3 is 0 Å². The third-order valence-corrected chi connectivity index (χ3v) is 13.4. The first-order valence-corrected chi connectivity index (χ1v) is 25.5. The molecule has 5 rings (SSSR count). The standard InChI is InChI=1S/C58H78N4O4/c1-9-17-21-41(13-5)39-61(45-29-25-43(26-30-45)23-19-11-3)47-33-35-49(51(37-47)59-53(63)15-7)55-57(65)56(58(55)66)50-36-34-48(38-52(50)60-54(64)16-8)62(40-42(14-6)22-18-10-2)46-31-27-44(28-32-46)24-20-12-4/h25-38,41-42H,9-24,39-40H2,1-8H3,(H2,59,60,63,64,65,66). The minimum Gasteiger partial charge on any atom is -0.871 e. The number of nitrogens with one attached hydrogen (secondary N) is 2. The van der Waals surface area contributed by atoms with Crippen molar-refractivity contribution >= 4 is 51.6 Å². The molecule has 8 heteroatoms. The van der Waals surface area contributed by atoms with Gasteiger partial charge in [0.2, 0.25) is 23.2 Å². The molecule has 0 aliphatic heterocycles. The van der Waals surface area contributed by atoms with Crippen LogP contribution in [0.4, 0.5) is 22.7 Å². The van der Waals surface area contributed by atoms with Crippen LogP contribution in [-0.4, -0.2) is 41.0 Å². The van der Waals surface area contributed by atoms with Crippen molar-refractivity contribution in [3.05, 3.63) is 124 Å². The van der Waals surface area contributed by atoms with Gasteiger partial charge in [-0.15, -0.1) is 0 Å². The molecule has 2 aliphatic carbocycles. The number of hydrogen-bond acceptors (Lipinski definition) is 5. The van der Waals surface area contributed by atoms with E-state index in [2.05, 4.69) is 110 Å². The Morgan fingerprint density at radius 3 is 1.77 bits per heavy atom. The summed E-state index contributed by atoms with van der Waals surface area (Å²) >= 11 is 0. The monoisotopic (exact) mass is 895 g/mol. The molecule has 354 valence electrons. The largest absolute Gasteiger partial charge is 0.871 e. The van der Waals surface area contributed by atoms with Crippen LogP contribution >= 0.6 is 0 Å². The van der Waals surface area contributed by atoms with Crippen molar-refractivity contribution < 1.29 is 24.1 Å². The van der Waals surface area contributed by atoms with Gasteiger partial charge in [-0.3, -0.25) is 14.4 Å². The zero-order chi connectivity index (χ0) is 47.6. The predicted molar refractivity (Wildman–Crippen MR) is 273 cm³/mol. The summed E-state index contributed by atoms with van der Waals surface area (Å²) in [7, 11) is 0. The molecule has 0 bridgehead atoms.